The third kappa shape index (κ3) is 5.51. The van der Waals surface area contributed by atoms with Crippen LogP contribution in [0.15, 0.2) is 18.2 Å². The van der Waals surface area contributed by atoms with Gasteiger partial charge in [0.2, 0.25) is 11.5 Å². The Morgan fingerprint density at radius 2 is 1.89 bits per heavy atom. The minimum Gasteiger partial charge on any atom is -0.493 e. The molecule has 0 saturated carbocycles. The van der Waals surface area contributed by atoms with Crippen LogP contribution in [0.1, 0.15) is 67.6 Å². The summed E-state index contributed by atoms with van der Waals surface area (Å²) in [5.41, 5.74) is 4.05. The second-order valence-electron chi connectivity index (χ2n) is 9.61. The number of nitrogens with one attached hydrogen (secondary N) is 1. The molecule has 1 aliphatic rings. The van der Waals surface area contributed by atoms with E-state index in [1.54, 1.807) is 6.07 Å². The highest BCUT2D eigenvalue weighted by atomic mass is 35.5. The third-order valence-corrected chi connectivity index (χ3v) is 6.04. The molecule has 35 heavy (non-hydrogen) atoms. The summed E-state index contributed by atoms with van der Waals surface area (Å²) in [5.74, 6) is 0.979. The number of ketones is 1. The van der Waals surface area contributed by atoms with Gasteiger partial charge in [0.15, 0.2) is 11.4 Å². The summed E-state index contributed by atoms with van der Waals surface area (Å²) in [6.45, 7) is 8.98. The third-order valence-electron chi connectivity index (χ3n) is 6.04. The number of hydrogen-bond acceptors (Lipinski definition) is 7. The Morgan fingerprint density at radius 1 is 1.14 bits per heavy atom. The summed E-state index contributed by atoms with van der Waals surface area (Å²) in [6.07, 6.45) is 3.25. The van der Waals surface area contributed by atoms with E-state index >= 15 is 0 Å². The molecular weight excluding hydrogens is 470 g/mol. The number of Topliss-reactive ketones (excluding diaryl/α,β-unsaturated/α-hetero) is 1. The van der Waals surface area contributed by atoms with Crippen LogP contribution in [0.2, 0.25) is 0 Å². The molecule has 1 aromatic carbocycles. The van der Waals surface area contributed by atoms with Gasteiger partial charge < -0.3 is 14.6 Å². The molecule has 0 atom stereocenters. The quantitative estimate of drug-likeness (QED) is 0.342. The largest absolute Gasteiger partial charge is 0.493 e. The molecule has 1 aliphatic carbocycles. The normalized spacial score (nSPS) is 12.9. The van der Waals surface area contributed by atoms with E-state index in [2.05, 4.69) is 31.0 Å². The van der Waals surface area contributed by atoms with Crippen LogP contribution >= 0.6 is 12.4 Å². The summed E-state index contributed by atoms with van der Waals surface area (Å²) in [5, 5.41) is 26.8. The molecule has 10 heteroatoms. The van der Waals surface area contributed by atoms with E-state index < -0.39 is 0 Å². The zero-order chi connectivity index (χ0) is 24.5. The molecule has 2 N–H and O–H groups in total. The van der Waals surface area contributed by atoms with Gasteiger partial charge in [-0.2, -0.15) is 4.52 Å². The van der Waals surface area contributed by atoms with Crippen molar-refractivity contribution in [3.8, 4) is 11.6 Å². The van der Waals surface area contributed by atoms with Gasteiger partial charge in [0, 0.05) is 29.7 Å². The van der Waals surface area contributed by atoms with Crippen LogP contribution in [0, 0.1) is 5.41 Å². The molecule has 0 unspecified atom stereocenters. The average molecular weight is 504 g/mol. The van der Waals surface area contributed by atoms with Gasteiger partial charge in [-0.05, 0) is 55.4 Å². The van der Waals surface area contributed by atoms with Crippen LogP contribution in [0.5, 0.6) is 11.6 Å². The first kappa shape index (κ1) is 26.7. The molecule has 4 rings (SSSR count). The van der Waals surface area contributed by atoms with Crippen molar-refractivity contribution in [2.24, 2.45) is 0 Å². The van der Waals surface area contributed by atoms with E-state index in [9.17, 15) is 4.79 Å². The maximum atomic E-state index is 13.3. The van der Waals surface area contributed by atoms with Crippen LogP contribution in [-0.4, -0.2) is 50.1 Å². The molecule has 3 aromatic rings. The van der Waals surface area contributed by atoms with Crippen molar-refractivity contribution in [2.45, 2.75) is 65.3 Å². The van der Waals surface area contributed by atoms with E-state index in [0.717, 1.165) is 36.0 Å². The number of hydrogen-bond donors (Lipinski definition) is 2. The Kier molecular flexibility index (Phi) is 8.22. The Balaban J connectivity index is 0.00000342. The standard InChI is InChI=1S/C25H33N5O4.ClH/c1-5-33-23-20-9-6-8-19(20)22-27-29(24(26)30(22)28-23)15-21(32)16-12-17(25(2,3)4)14-18(13-16)34-11-7-10-31;/h12-14,26,31H,5-11,15H2,1-4H3;1H. The predicted octanol–water partition coefficient (Wildman–Crippen LogP) is 3.26. The zero-order valence-electron chi connectivity index (χ0n) is 20.8. The summed E-state index contributed by atoms with van der Waals surface area (Å²) in [7, 11) is 0. The first-order valence-electron chi connectivity index (χ1n) is 11.8. The van der Waals surface area contributed by atoms with Crippen LogP contribution in [-0.2, 0) is 24.8 Å². The number of halogens is 1. The van der Waals surface area contributed by atoms with Gasteiger partial charge in [-0.15, -0.1) is 22.6 Å². The molecule has 190 valence electrons. The Hall–Kier alpha value is -2.91. The number of ether oxygens (including phenoxy) is 2. The molecule has 0 spiro atoms. The lowest BCUT2D eigenvalue weighted by Gasteiger charge is -2.21. The SMILES string of the molecule is CCOc1nn2c(=N)n(CC(=O)c3cc(OCCCO)cc(C(C)(C)C)c3)nc2c2c1CCC2.Cl. The van der Waals surface area contributed by atoms with Crippen LogP contribution in [0.25, 0.3) is 5.65 Å². The molecule has 0 saturated heterocycles. The van der Waals surface area contributed by atoms with E-state index in [1.165, 1.54) is 9.20 Å². The van der Waals surface area contributed by atoms with Gasteiger partial charge in [0.05, 0.1) is 13.2 Å². The van der Waals surface area contributed by atoms with Crippen molar-refractivity contribution in [2.75, 3.05) is 19.8 Å². The van der Waals surface area contributed by atoms with Crippen molar-refractivity contribution < 1.29 is 19.4 Å². The van der Waals surface area contributed by atoms with Crippen molar-refractivity contribution in [3.05, 3.63) is 46.1 Å². The number of benzene rings is 1. The van der Waals surface area contributed by atoms with Crippen LogP contribution in [0.3, 0.4) is 0 Å². The number of aryl methyl sites for hydroxylation is 1. The summed E-state index contributed by atoms with van der Waals surface area (Å²) >= 11 is 0. The first-order valence-corrected chi connectivity index (χ1v) is 11.8. The molecule has 2 aromatic heterocycles. The number of aliphatic hydroxyl groups excluding tert-OH is 1. The average Bonchev–Trinajstić information content (AvgIpc) is 3.39. The van der Waals surface area contributed by atoms with Gasteiger partial charge in [-0.25, -0.2) is 4.68 Å². The lowest BCUT2D eigenvalue weighted by atomic mass is 9.85. The molecule has 0 amide bonds. The van der Waals surface area contributed by atoms with E-state index in [-0.39, 0.29) is 42.4 Å². The number of fused-ring (bicyclic) bond motifs is 3. The smallest absolute Gasteiger partial charge is 0.242 e. The minimum atomic E-state index is -0.178. The fraction of sp³-hybridized carbons (Fsp3) is 0.520. The number of nitrogens with zero attached hydrogens (tertiary/aromatic N) is 4. The summed E-state index contributed by atoms with van der Waals surface area (Å²) in [6, 6.07) is 5.53. The first-order chi connectivity index (χ1) is 16.2. The lowest BCUT2D eigenvalue weighted by Crippen LogP contribution is -2.26. The number of aliphatic hydroxyl groups is 1. The van der Waals surface area contributed by atoms with Gasteiger partial charge in [0.1, 0.15) is 12.3 Å². The van der Waals surface area contributed by atoms with Gasteiger partial charge in [-0.1, -0.05) is 20.8 Å². The fourth-order valence-electron chi connectivity index (χ4n) is 4.20. The highest BCUT2D eigenvalue weighted by Gasteiger charge is 2.25. The fourth-order valence-corrected chi connectivity index (χ4v) is 4.20. The molecule has 9 nitrogen and oxygen atoms in total. The van der Waals surface area contributed by atoms with Gasteiger partial charge in [0.25, 0.3) is 0 Å². The van der Waals surface area contributed by atoms with Crippen molar-refractivity contribution in [1.82, 2.24) is 19.4 Å². The summed E-state index contributed by atoms with van der Waals surface area (Å²) in [4.78, 5) is 13.3. The predicted molar refractivity (Wildman–Crippen MR) is 134 cm³/mol. The Labute approximate surface area is 211 Å². The van der Waals surface area contributed by atoms with E-state index in [1.807, 2.05) is 19.1 Å². The van der Waals surface area contributed by atoms with Crippen molar-refractivity contribution >= 4 is 23.8 Å². The van der Waals surface area contributed by atoms with E-state index in [4.69, 9.17) is 20.0 Å². The molecule has 0 aliphatic heterocycles. The Bertz CT molecular complexity index is 1280. The molecular formula is C25H34ClN5O4. The maximum Gasteiger partial charge on any atom is 0.242 e. The molecule has 0 bridgehead atoms. The summed E-state index contributed by atoms with van der Waals surface area (Å²) < 4.78 is 14.4. The Morgan fingerprint density at radius 3 is 2.57 bits per heavy atom. The maximum absolute atomic E-state index is 13.3. The highest BCUT2D eigenvalue weighted by molar-refractivity contribution is 5.96. The number of carbonyl (C=O) groups is 1. The van der Waals surface area contributed by atoms with Crippen LogP contribution in [0.4, 0.5) is 0 Å². The van der Waals surface area contributed by atoms with E-state index in [0.29, 0.717) is 42.5 Å². The topological polar surface area (TPSA) is 115 Å². The van der Waals surface area contributed by atoms with Crippen LogP contribution < -0.4 is 15.1 Å². The van der Waals surface area contributed by atoms with Gasteiger partial charge in [-0.3, -0.25) is 10.2 Å². The highest BCUT2D eigenvalue weighted by Crippen LogP contribution is 2.31. The lowest BCUT2D eigenvalue weighted by molar-refractivity contribution is 0.0964. The second kappa shape index (κ2) is 10.8. The zero-order valence-corrected chi connectivity index (χ0v) is 21.6. The van der Waals surface area contributed by atoms with Gasteiger partial charge >= 0.3 is 0 Å². The number of rotatable bonds is 9. The second-order valence-corrected chi connectivity index (χ2v) is 9.61. The minimum absolute atomic E-state index is 0. The monoisotopic (exact) mass is 503 g/mol. The molecule has 0 fully saturated rings. The number of aromatic nitrogens is 4. The van der Waals surface area contributed by atoms with Crippen molar-refractivity contribution in [1.29, 1.82) is 5.41 Å². The van der Waals surface area contributed by atoms with Crippen molar-refractivity contribution in [3.63, 3.8) is 0 Å². The number of carbonyl (C=O) groups excluding carboxylic acids is 1. The molecule has 0 radical (unpaired) electrons. The molecule has 2 heterocycles.